The van der Waals surface area contributed by atoms with Gasteiger partial charge >= 0.3 is 0 Å². The maximum Gasteiger partial charge on any atom is 0.283 e. The Morgan fingerprint density at radius 2 is 1.71 bits per heavy atom. The lowest BCUT2D eigenvalue weighted by molar-refractivity contribution is -0.125. The van der Waals surface area contributed by atoms with Crippen LogP contribution in [0, 0.1) is 0 Å². The van der Waals surface area contributed by atoms with Crippen molar-refractivity contribution in [1.29, 1.82) is 0 Å². The highest BCUT2D eigenvalue weighted by molar-refractivity contribution is 6.24. The maximum atomic E-state index is 13.6. The Morgan fingerprint density at radius 1 is 0.968 bits per heavy atom. The molecule has 0 radical (unpaired) electrons. The van der Waals surface area contributed by atoms with Crippen LogP contribution in [-0.2, 0) is 11.3 Å². The van der Waals surface area contributed by atoms with E-state index in [0.717, 1.165) is 17.5 Å². The van der Waals surface area contributed by atoms with Crippen molar-refractivity contribution in [3.05, 3.63) is 96.1 Å². The molecule has 0 fully saturated rings. The van der Waals surface area contributed by atoms with Crippen LogP contribution in [0.1, 0.15) is 30.4 Å². The van der Waals surface area contributed by atoms with Crippen LogP contribution >= 0.6 is 0 Å². The first-order chi connectivity index (χ1) is 15.2. The van der Waals surface area contributed by atoms with Crippen molar-refractivity contribution in [2.75, 3.05) is 6.54 Å². The Bertz CT molecular complexity index is 1130. The van der Waals surface area contributed by atoms with Crippen LogP contribution in [0.4, 0.5) is 0 Å². The summed E-state index contributed by atoms with van der Waals surface area (Å²) in [6.07, 6.45) is 4.27. The van der Waals surface area contributed by atoms with Gasteiger partial charge in [-0.2, -0.15) is 0 Å². The van der Waals surface area contributed by atoms with Crippen LogP contribution in [0.2, 0.25) is 0 Å². The number of rotatable bonds is 8. The van der Waals surface area contributed by atoms with Crippen molar-refractivity contribution in [2.24, 2.45) is 0 Å². The van der Waals surface area contributed by atoms with Crippen molar-refractivity contribution < 1.29 is 13.6 Å². The Morgan fingerprint density at radius 3 is 2.39 bits per heavy atom. The zero-order chi connectivity index (χ0) is 21.5. The van der Waals surface area contributed by atoms with E-state index in [9.17, 15) is 4.79 Å². The van der Waals surface area contributed by atoms with E-state index in [1.54, 1.807) is 23.3 Å². The van der Waals surface area contributed by atoms with Crippen LogP contribution in [0.15, 0.2) is 87.9 Å². The molecule has 31 heavy (non-hydrogen) atoms. The number of carbonyl (C=O) groups excluding carboxylic acids is 1. The Labute approximate surface area is 180 Å². The molecule has 0 spiro atoms. The molecule has 0 aliphatic heterocycles. The molecule has 0 bridgehead atoms. The van der Waals surface area contributed by atoms with Crippen molar-refractivity contribution in [1.82, 2.24) is 15.1 Å². The highest BCUT2D eigenvalue weighted by Gasteiger charge is 2.22. The van der Waals surface area contributed by atoms with Crippen molar-refractivity contribution in [2.45, 2.75) is 19.9 Å². The van der Waals surface area contributed by atoms with Gasteiger partial charge in [0.2, 0.25) is 5.89 Å². The van der Waals surface area contributed by atoms with E-state index in [-0.39, 0.29) is 12.5 Å². The molecule has 0 N–H and O–H groups in total. The lowest BCUT2D eigenvalue weighted by Crippen LogP contribution is -2.32. The number of aromatic nitrogens is 2. The minimum Gasteiger partial charge on any atom is -0.459 e. The molecule has 2 aromatic heterocycles. The first-order valence-electron chi connectivity index (χ1n) is 10.2. The Kier molecular flexibility index (Phi) is 6.38. The van der Waals surface area contributed by atoms with Crippen molar-refractivity contribution in [3.8, 4) is 11.7 Å². The lowest BCUT2D eigenvalue weighted by Gasteiger charge is -2.22. The largest absolute Gasteiger partial charge is 0.459 e. The summed E-state index contributed by atoms with van der Waals surface area (Å²) in [5.74, 6) is 1.07. The molecule has 0 saturated carbocycles. The molecule has 0 saturated heterocycles. The first-order valence-corrected chi connectivity index (χ1v) is 10.2. The van der Waals surface area contributed by atoms with Gasteiger partial charge in [0.1, 0.15) is 0 Å². The third-order valence-electron chi connectivity index (χ3n) is 4.73. The van der Waals surface area contributed by atoms with Gasteiger partial charge in [-0.3, -0.25) is 4.79 Å². The second kappa shape index (κ2) is 9.71. The molecule has 4 rings (SSSR count). The van der Waals surface area contributed by atoms with Crippen LogP contribution in [0.3, 0.4) is 0 Å². The fourth-order valence-electron chi connectivity index (χ4n) is 3.28. The normalized spacial score (nSPS) is 11.5. The number of furan rings is 1. The average molecular weight is 413 g/mol. The second-order valence-corrected chi connectivity index (χ2v) is 7.04. The molecular formula is C25H23N3O3. The summed E-state index contributed by atoms with van der Waals surface area (Å²) in [4.78, 5) is 15.4. The molecule has 0 aliphatic carbocycles. The van der Waals surface area contributed by atoms with Crippen molar-refractivity contribution in [3.63, 3.8) is 0 Å². The molecule has 0 aliphatic rings. The molecular weight excluding hydrogens is 390 g/mol. The molecule has 6 nitrogen and oxygen atoms in total. The maximum absolute atomic E-state index is 13.6. The number of nitrogens with zero attached hydrogens (tertiary/aromatic N) is 3. The predicted molar refractivity (Wildman–Crippen MR) is 118 cm³/mol. The topological polar surface area (TPSA) is 72.4 Å². The van der Waals surface area contributed by atoms with Gasteiger partial charge in [-0.1, -0.05) is 67.6 Å². The molecule has 0 atom stereocenters. The monoisotopic (exact) mass is 413 g/mol. The Balaban J connectivity index is 1.63. The predicted octanol–water partition coefficient (Wildman–Crippen LogP) is 5.31. The van der Waals surface area contributed by atoms with E-state index < -0.39 is 0 Å². The zero-order valence-electron chi connectivity index (χ0n) is 17.3. The van der Waals surface area contributed by atoms with E-state index in [2.05, 4.69) is 10.2 Å². The fourth-order valence-corrected chi connectivity index (χ4v) is 3.28. The van der Waals surface area contributed by atoms with E-state index in [0.29, 0.717) is 29.7 Å². The molecule has 1 amide bonds. The molecule has 0 unspecified atom stereocenters. The van der Waals surface area contributed by atoms with Gasteiger partial charge in [-0.25, -0.2) is 0 Å². The molecule has 6 heteroatoms. The van der Waals surface area contributed by atoms with E-state index >= 15 is 0 Å². The third kappa shape index (κ3) is 4.98. The van der Waals surface area contributed by atoms with E-state index in [1.165, 1.54) is 0 Å². The summed E-state index contributed by atoms with van der Waals surface area (Å²) >= 11 is 0. The highest BCUT2D eigenvalue weighted by Crippen LogP contribution is 2.23. The minimum atomic E-state index is -0.0883. The lowest BCUT2D eigenvalue weighted by atomic mass is 10.0. The summed E-state index contributed by atoms with van der Waals surface area (Å²) in [6.45, 7) is 2.82. The van der Waals surface area contributed by atoms with Crippen LogP contribution in [-0.4, -0.2) is 27.5 Å². The zero-order valence-corrected chi connectivity index (χ0v) is 17.3. The smallest absolute Gasteiger partial charge is 0.283 e. The van der Waals surface area contributed by atoms with Crippen LogP contribution < -0.4 is 0 Å². The van der Waals surface area contributed by atoms with Gasteiger partial charge in [0.05, 0.1) is 12.8 Å². The quantitative estimate of drug-likeness (QED) is 0.289. The second-order valence-electron chi connectivity index (χ2n) is 7.04. The molecule has 4 aromatic rings. The van der Waals surface area contributed by atoms with Gasteiger partial charge in [0, 0.05) is 12.1 Å². The SMILES string of the molecule is CCCN(Cc1nnc(-c2ccco2)o1)C(=O)C(=Cc1ccccc1)c1ccccc1. The van der Waals surface area contributed by atoms with Crippen molar-refractivity contribution >= 4 is 17.6 Å². The van der Waals surface area contributed by atoms with E-state index in [1.807, 2.05) is 73.7 Å². The number of carbonyl (C=O) groups is 1. The van der Waals surface area contributed by atoms with Crippen LogP contribution in [0.25, 0.3) is 23.3 Å². The van der Waals surface area contributed by atoms with Gasteiger partial charge in [-0.05, 0) is 35.8 Å². The summed E-state index contributed by atoms with van der Waals surface area (Å²) in [5.41, 5.74) is 2.44. The fraction of sp³-hybridized carbons (Fsp3) is 0.160. The molecule has 156 valence electrons. The number of amides is 1. The standard InChI is InChI=1S/C25H23N3O3/c1-2-15-28(18-23-26-27-24(31-23)22-14-9-16-30-22)25(29)21(20-12-7-4-8-13-20)17-19-10-5-3-6-11-19/h3-14,16-17H,2,15,18H2,1H3. The summed E-state index contributed by atoms with van der Waals surface area (Å²) < 4.78 is 11.0. The summed E-state index contributed by atoms with van der Waals surface area (Å²) in [6, 6.07) is 23.0. The number of hydrogen-bond acceptors (Lipinski definition) is 5. The number of hydrogen-bond donors (Lipinski definition) is 0. The summed E-state index contributed by atoms with van der Waals surface area (Å²) in [7, 11) is 0. The first kappa shape index (κ1) is 20.3. The average Bonchev–Trinajstić information content (AvgIpc) is 3.50. The number of benzene rings is 2. The van der Waals surface area contributed by atoms with Gasteiger partial charge < -0.3 is 13.7 Å². The van der Waals surface area contributed by atoms with Crippen LogP contribution in [0.5, 0.6) is 0 Å². The summed E-state index contributed by atoms with van der Waals surface area (Å²) in [5, 5.41) is 8.14. The van der Waals surface area contributed by atoms with E-state index in [4.69, 9.17) is 8.83 Å². The minimum absolute atomic E-state index is 0.0883. The molecule has 2 heterocycles. The van der Waals surface area contributed by atoms with Gasteiger partial charge in [0.25, 0.3) is 11.8 Å². The highest BCUT2D eigenvalue weighted by atomic mass is 16.4. The molecule has 2 aromatic carbocycles. The van der Waals surface area contributed by atoms with Gasteiger partial charge in [-0.15, -0.1) is 10.2 Å². The Hall–Kier alpha value is -3.93. The third-order valence-corrected chi connectivity index (χ3v) is 4.73. The van der Waals surface area contributed by atoms with Gasteiger partial charge in [0.15, 0.2) is 5.76 Å².